The van der Waals surface area contributed by atoms with Gasteiger partial charge in [-0.2, -0.15) is 0 Å². The summed E-state index contributed by atoms with van der Waals surface area (Å²) in [6.45, 7) is 0.516. The van der Waals surface area contributed by atoms with Crippen molar-refractivity contribution >= 4 is 23.3 Å². The number of aliphatic carboxylic acids is 1. The maximum absolute atomic E-state index is 12.0. The van der Waals surface area contributed by atoms with Gasteiger partial charge in [0.2, 0.25) is 0 Å². The highest BCUT2D eigenvalue weighted by atomic mass is 32.1. The molecule has 0 saturated heterocycles. The van der Waals surface area contributed by atoms with Gasteiger partial charge in [0.15, 0.2) is 0 Å². The Labute approximate surface area is 128 Å². The van der Waals surface area contributed by atoms with Crippen LogP contribution in [0, 0.1) is 0 Å². The molecule has 1 aromatic rings. The van der Waals surface area contributed by atoms with Crippen molar-refractivity contribution < 1.29 is 14.7 Å². The first-order chi connectivity index (χ1) is 10.1. The maximum Gasteiger partial charge on any atom is 0.329 e. The number of amides is 2. The first kappa shape index (κ1) is 15.8. The molecule has 0 bridgehead atoms. The van der Waals surface area contributed by atoms with Crippen LogP contribution in [-0.4, -0.2) is 29.2 Å². The van der Waals surface area contributed by atoms with Crippen molar-refractivity contribution in [1.29, 1.82) is 0 Å². The smallest absolute Gasteiger partial charge is 0.329 e. The van der Waals surface area contributed by atoms with Crippen molar-refractivity contribution in [1.82, 2.24) is 10.6 Å². The molecule has 0 atom stereocenters. The van der Waals surface area contributed by atoms with Crippen LogP contribution in [0.1, 0.15) is 43.4 Å². The number of urea groups is 1. The van der Waals surface area contributed by atoms with Crippen LogP contribution in [0.25, 0.3) is 0 Å². The summed E-state index contributed by atoms with van der Waals surface area (Å²) in [5.74, 6) is -0.919. The largest absolute Gasteiger partial charge is 0.480 e. The molecule has 1 saturated carbocycles. The van der Waals surface area contributed by atoms with Crippen molar-refractivity contribution in [2.24, 2.45) is 0 Å². The summed E-state index contributed by atoms with van der Waals surface area (Å²) in [4.78, 5) is 24.8. The molecule has 1 aliphatic carbocycles. The molecule has 21 heavy (non-hydrogen) atoms. The highest BCUT2D eigenvalue weighted by Gasteiger charge is 2.39. The molecule has 6 heteroatoms. The van der Waals surface area contributed by atoms with Gasteiger partial charge in [-0.15, -0.1) is 11.3 Å². The van der Waals surface area contributed by atoms with E-state index in [0.29, 0.717) is 19.4 Å². The van der Waals surface area contributed by atoms with Crippen LogP contribution in [0.5, 0.6) is 0 Å². The number of carbonyl (C=O) groups is 2. The summed E-state index contributed by atoms with van der Waals surface area (Å²) in [6, 6.07) is 3.62. The van der Waals surface area contributed by atoms with Crippen LogP contribution in [0.2, 0.25) is 0 Å². The predicted molar refractivity (Wildman–Crippen MR) is 82.6 cm³/mol. The van der Waals surface area contributed by atoms with Crippen molar-refractivity contribution in [2.45, 2.75) is 50.5 Å². The fourth-order valence-electron chi connectivity index (χ4n) is 2.74. The molecule has 0 aromatic carbocycles. The van der Waals surface area contributed by atoms with Gasteiger partial charge in [-0.1, -0.05) is 31.7 Å². The second kappa shape index (κ2) is 7.45. The summed E-state index contributed by atoms with van der Waals surface area (Å²) in [7, 11) is 0. The SMILES string of the molecule is O=C(NCCc1cccs1)NC1(C(=O)O)CCCCCC1. The van der Waals surface area contributed by atoms with E-state index in [1.165, 1.54) is 4.88 Å². The Kier molecular flexibility index (Phi) is 5.61. The Morgan fingerprint density at radius 3 is 2.52 bits per heavy atom. The molecule has 1 fully saturated rings. The summed E-state index contributed by atoms with van der Waals surface area (Å²) >= 11 is 1.65. The second-order valence-electron chi connectivity index (χ2n) is 5.51. The van der Waals surface area contributed by atoms with Gasteiger partial charge in [-0.3, -0.25) is 0 Å². The minimum absolute atomic E-state index is 0.379. The van der Waals surface area contributed by atoms with Crippen molar-refractivity contribution in [3.05, 3.63) is 22.4 Å². The lowest BCUT2D eigenvalue weighted by Crippen LogP contribution is -2.57. The minimum atomic E-state index is -1.09. The van der Waals surface area contributed by atoms with E-state index in [1.54, 1.807) is 11.3 Å². The first-order valence-corrected chi connectivity index (χ1v) is 8.32. The quantitative estimate of drug-likeness (QED) is 0.732. The van der Waals surface area contributed by atoms with E-state index in [1.807, 2.05) is 17.5 Å². The molecule has 0 aliphatic heterocycles. The van der Waals surface area contributed by atoms with Gasteiger partial charge in [0.05, 0.1) is 0 Å². The van der Waals surface area contributed by atoms with Crippen LogP contribution in [0.15, 0.2) is 17.5 Å². The van der Waals surface area contributed by atoms with Crippen LogP contribution < -0.4 is 10.6 Å². The summed E-state index contributed by atoms with van der Waals surface area (Å²) in [5, 5.41) is 17.0. The lowest BCUT2D eigenvalue weighted by atomic mass is 9.90. The zero-order valence-corrected chi connectivity index (χ0v) is 12.9. The lowest BCUT2D eigenvalue weighted by molar-refractivity contribution is -0.145. The fourth-order valence-corrected chi connectivity index (χ4v) is 3.45. The maximum atomic E-state index is 12.0. The predicted octanol–water partition coefficient (Wildman–Crippen LogP) is 2.77. The summed E-state index contributed by atoms with van der Waals surface area (Å²) in [5.41, 5.74) is -1.09. The third-order valence-corrected chi connectivity index (χ3v) is 4.89. The van der Waals surface area contributed by atoms with Gasteiger partial charge in [0.25, 0.3) is 0 Å². The monoisotopic (exact) mass is 310 g/mol. The van der Waals surface area contributed by atoms with Gasteiger partial charge in [0, 0.05) is 11.4 Å². The number of hydrogen-bond acceptors (Lipinski definition) is 3. The Morgan fingerprint density at radius 1 is 1.24 bits per heavy atom. The van der Waals surface area contributed by atoms with Crippen LogP contribution in [0.4, 0.5) is 4.79 Å². The molecule has 0 spiro atoms. The standard InChI is InChI=1S/C15H22N2O3S/c18-13(19)15(8-3-1-2-4-9-15)17-14(20)16-10-7-12-6-5-11-21-12/h5-6,11H,1-4,7-10H2,(H,18,19)(H2,16,17,20). The van der Waals surface area contributed by atoms with Gasteiger partial charge in [-0.05, 0) is 30.7 Å². The van der Waals surface area contributed by atoms with Crippen molar-refractivity contribution in [3.63, 3.8) is 0 Å². The van der Waals surface area contributed by atoms with Crippen molar-refractivity contribution in [3.8, 4) is 0 Å². The molecule has 0 unspecified atom stereocenters. The third kappa shape index (κ3) is 4.46. The fraction of sp³-hybridized carbons (Fsp3) is 0.600. The Bertz CT molecular complexity index is 465. The molecule has 3 N–H and O–H groups in total. The third-order valence-electron chi connectivity index (χ3n) is 3.96. The molecule has 2 amide bonds. The minimum Gasteiger partial charge on any atom is -0.480 e. The average Bonchev–Trinajstić information content (AvgIpc) is 2.84. The second-order valence-corrected chi connectivity index (χ2v) is 6.54. The summed E-state index contributed by atoms with van der Waals surface area (Å²) < 4.78 is 0. The molecule has 1 heterocycles. The number of carboxylic acid groups (broad SMARTS) is 1. The highest BCUT2D eigenvalue weighted by molar-refractivity contribution is 7.09. The number of rotatable bonds is 5. The molecule has 0 radical (unpaired) electrons. The molecule has 116 valence electrons. The van der Waals surface area contributed by atoms with Crippen LogP contribution >= 0.6 is 11.3 Å². The van der Waals surface area contributed by atoms with Gasteiger partial charge in [-0.25, -0.2) is 9.59 Å². The zero-order chi connectivity index (χ0) is 15.1. The average molecular weight is 310 g/mol. The molecule has 1 aliphatic rings. The topological polar surface area (TPSA) is 78.4 Å². The number of carboxylic acids is 1. The molecular formula is C15H22N2O3S. The van der Waals surface area contributed by atoms with Gasteiger partial charge in [0.1, 0.15) is 5.54 Å². The first-order valence-electron chi connectivity index (χ1n) is 7.44. The number of thiophene rings is 1. The lowest BCUT2D eigenvalue weighted by Gasteiger charge is -2.29. The van der Waals surface area contributed by atoms with E-state index >= 15 is 0 Å². The Balaban J connectivity index is 1.84. The van der Waals surface area contributed by atoms with Crippen LogP contribution in [0.3, 0.4) is 0 Å². The zero-order valence-electron chi connectivity index (χ0n) is 12.1. The number of hydrogen-bond donors (Lipinski definition) is 3. The van der Waals surface area contributed by atoms with Gasteiger partial charge >= 0.3 is 12.0 Å². The Morgan fingerprint density at radius 2 is 1.95 bits per heavy atom. The normalized spacial score (nSPS) is 17.7. The number of nitrogens with one attached hydrogen (secondary N) is 2. The van der Waals surface area contributed by atoms with Gasteiger partial charge < -0.3 is 15.7 Å². The van der Waals surface area contributed by atoms with E-state index in [-0.39, 0.29) is 6.03 Å². The van der Waals surface area contributed by atoms with E-state index in [4.69, 9.17) is 0 Å². The molecule has 1 aromatic heterocycles. The molecule has 2 rings (SSSR count). The molecule has 5 nitrogen and oxygen atoms in total. The van der Waals surface area contributed by atoms with E-state index in [9.17, 15) is 14.7 Å². The van der Waals surface area contributed by atoms with E-state index in [0.717, 1.165) is 32.1 Å². The van der Waals surface area contributed by atoms with E-state index < -0.39 is 11.5 Å². The Hall–Kier alpha value is -1.56. The van der Waals surface area contributed by atoms with E-state index in [2.05, 4.69) is 10.6 Å². The summed E-state index contributed by atoms with van der Waals surface area (Å²) in [6.07, 6.45) is 5.57. The molecular weight excluding hydrogens is 288 g/mol. The number of carbonyl (C=O) groups excluding carboxylic acids is 1. The highest BCUT2D eigenvalue weighted by Crippen LogP contribution is 2.27. The van der Waals surface area contributed by atoms with Crippen LogP contribution in [-0.2, 0) is 11.2 Å². The van der Waals surface area contributed by atoms with Crippen molar-refractivity contribution in [2.75, 3.05) is 6.54 Å².